The molecule has 0 radical (unpaired) electrons. The molecule has 2 aliphatic heterocycles. The highest BCUT2D eigenvalue weighted by Gasteiger charge is 2.38. The second kappa shape index (κ2) is 5.02. The Morgan fingerprint density at radius 1 is 1.71 bits per heavy atom. The Morgan fingerprint density at radius 2 is 2.47 bits per heavy atom. The second-order valence-corrected chi connectivity index (χ2v) is 4.64. The van der Waals surface area contributed by atoms with E-state index in [1.807, 2.05) is 6.92 Å². The molecule has 4 heteroatoms. The number of carbonyl (C=O) groups is 1. The Balaban J connectivity index is 1.91. The Labute approximate surface area is 102 Å². The van der Waals surface area contributed by atoms with Gasteiger partial charge in [0.05, 0.1) is 6.61 Å². The maximum Gasteiger partial charge on any atom is 0.333 e. The fourth-order valence-corrected chi connectivity index (χ4v) is 2.44. The molecule has 0 spiro atoms. The van der Waals surface area contributed by atoms with Gasteiger partial charge in [-0.2, -0.15) is 0 Å². The van der Waals surface area contributed by atoms with Gasteiger partial charge in [0.2, 0.25) is 0 Å². The summed E-state index contributed by atoms with van der Waals surface area (Å²) < 4.78 is 5.44. The maximum absolute atomic E-state index is 11.6. The number of aliphatic hydroxyl groups is 1. The molecular weight excluding hydrogens is 218 g/mol. The minimum atomic E-state index is -0.229. The van der Waals surface area contributed by atoms with Gasteiger partial charge >= 0.3 is 5.97 Å². The van der Waals surface area contributed by atoms with Crippen LogP contribution in [0.25, 0.3) is 0 Å². The molecule has 0 aromatic heterocycles. The van der Waals surface area contributed by atoms with E-state index in [-0.39, 0.29) is 24.7 Å². The molecule has 1 saturated heterocycles. The van der Waals surface area contributed by atoms with Crippen LogP contribution in [0.15, 0.2) is 23.3 Å². The standard InChI is InChI=1S/C13H19NO3/c1-3-9(2)13(16)17-11-6-12-10(8-15)4-5-14(12)7-11/h3-4,11-12,15H,5-8H2,1-2H3/b9-3+. The van der Waals surface area contributed by atoms with Crippen LogP contribution in [0.3, 0.4) is 0 Å². The number of ether oxygens (including phenoxy) is 1. The number of hydrogen-bond acceptors (Lipinski definition) is 4. The number of nitrogens with zero attached hydrogens (tertiary/aromatic N) is 1. The number of aliphatic hydroxyl groups excluding tert-OH is 1. The summed E-state index contributed by atoms with van der Waals surface area (Å²) >= 11 is 0. The normalized spacial score (nSPS) is 29.1. The van der Waals surface area contributed by atoms with Gasteiger partial charge in [-0.1, -0.05) is 12.2 Å². The van der Waals surface area contributed by atoms with Crippen LogP contribution in [0.2, 0.25) is 0 Å². The molecule has 0 aromatic rings. The Morgan fingerprint density at radius 3 is 3.12 bits per heavy atom. The number of rotatable bonds is 3. The molecule has 2 unspecified atom stereocenters. The lowest BCUT2D eigenvalue weighted by atomic mass is 10.1. The first kappa shape index (κ1) is 12.3. The quantitative estimate of drug-likeness (QED) is 0.449. The molecule has 0 aromatic carbocycles. The second-order valence-electron chi connectivity index (χ2n) is 4.64. The first-order chi connectivity index (χ1) is 8.15. The van der Waals surface area contributed by atoms with Gasteiger partial charge in [-0.15, -0.1) is 0 Å². The van der Waals surface area contributed by atoms with Crippen LogP contribution in [0.5, 0.6) is 0 Å². The van der Waals surface area contributed by atoms with Gasteiger partial charge in [-0.3, -0.25) is 4.90 Å². The van der Waals surface area contributed by atoms with Crippen molar-refractivity contribution in [1.29, 1.82) is 0 Å². The molecule has 1 fully saturated rings. The molecule has 0 amide bonds. The van der Waals surface area contributed by atoms with E-state index >= 15 is 0 Å². The van der Waals surface area contributed by atoms with Crippen molar-refractivity contribution in [3.63, 3.8) is 0 Å². The van der Waals surface area contributed by atoms with Crippen LogP contribution < -0.4 is 0 Å². The third-order valence-electron chi connectivity index (χ3n) is 3.59. The number of hydrogen-bond donors (Lipinski definition) is 1. The summed E-state index contributed by atoms with van der Waals surface area (Å²) in [5.41, 5.74) is 1.71. The monoisotopic (exact) mass is 237 g/mol. The SMILES string of the molecule is C/C=C(\C)C(=O)OC1CC2C(CO)=CCN2C1. The fourth-order valence-electron chi connectivity index (χ4n) is 2.44. The molecule has 2 atom stereocenters. The minimum Gasteiger partial charge on any atom is -0.458 e. The lowest BCUT2D eigenvalue weighted by Gasteiger charge is -2.15. The van der Waals surface area contributed by atoms with E-state index in [1.165, 1.54) is 0 Å². The molecule has 17 heavy (non-hydrogen) atoms. The van der Waals surface area contributed by atoms with E-state index in [4.69, 9.17) is 4.74 Å². The summed E-state index contributed by atoms with van der Waals surface area (Å²) in [6, 6.07) is 0.267. The number of fused-ring (bicyclic) bond motifs is 1. The lowest BCUT2D eigenvalue weighted by molar-refractivity contribution is -0.143. The minimum absolute atomic E-state index is 0.0438. The average molecular weight is 237 g/mol. The van der Waals surface area contributed by atoms with Crippen molar-refractivity contribution in [2.75, 3.05) is 19.7 Å². The summed E-state index contributed by atoms with van der Waals surface area (Å²) in [7, 11) is 0. The van der Waals surface area contributed by atoms with Crippen molar-refractivity contribution in [3.05, 3.63) is 23.3 Å². The summed E-state index contributed by atoms with van der Waals surface area (Å²) in [5, 5.41) is 9.20. The van der Waals surface area contributed by atoms with Gasteiger partial charge in [-0.05, 0) is 19.4 Å². The third-order valence-corrected chi connectivity index (χ3v) is 3.59. The van der Waals surface area contributed by atoms with Gasteiger partial charge in [0.15, 0.2) is 0 Å². The fraction of sp³-hybridized carbons (Fsp3) is 0.615. The van der Waals surface area contributed by atoms with Gasteiger partial charge in [0, 0.05) is 31.1 Å². The smallest absolute Gasteiger partial charge is 0.333 e. The molecule has 0 aliphatic carbocycles. The van der Waals surface area contributed by atoms with Gasteiger partial charge in [0.1, 0.15) is 6.10 Å². The van der Waals surface area contributed by atoms with Crippen molar-refractivity contribution in [2.45, 2.75) is 32.4 Å². The van der Waals surface area contributed by atoms with Gasteiger partial charge in [-0.25, -0.2) is 4.79 Å². The highest BCUT2D eigenvalue weighted by atomic mass is 16.5. The molecule has 2 aliphatic rings. The Hall–Kier alpha value is -1.13. The molecule has 1 N–H and O–H groups in total. The van der Waals surface area contributed by atoms with Crippen LogP contribution in [-0.2, 0) is 9.53 Å². The molecular formula is C13H19NO3. The van der Waals surface area contributed by atoms with E-state index in [0.29, 0.717) is 5.57 Å². The zero-order chi connectivity index (χ0) is 12.4. The highest BCUT2D eigenvalue weighted by molar-refractivity contribution is 5.87. The molecule has 94 valence electrons. The largest absolute Gasteiger partial charge is 0.458 e. The third kappa shape index (κ3) is 2.42. The van der Waals surface area contributed by atoms with Crippen molar-refractivity contribution >= 4 is 5.97 Å². The van der Waals surface area contributed by atoms with Crippen LogP contribution >= 0.6 is 0 Å². The van der Waals surface area contributed by atoms with Crippen molar-refractivity contribution in [1.82, 2.24) is 4.90 Å². The number of allylic oxidation sites excluding steroid dienone is 1. The molecule has 2 heterocycles. The molecule has 4 nitrogen and oxygen atoms in total. The van der Waals surface area contributed by atoms with E-state index in [1.54, 1.807) is 13.0 Å². The van der Waals surface area contributed by atoms with Crippen molar-refractivity contribution in [3.8, 4) is 0 Å². The molecule has 0 bridgehead atoms. The van der Waals surface area contributed by atoms with E-state index in [2.05, 4.69) is 11.0 Å². The van der Waals surface area contributed by atoms with Crippen LogP contribution in [0.1, 0.15) is 20.3 Å². The van der Waals surface area contributed by atoms with E-state index in [0.717, 1.165) is 25.1 Å². The predicted molar refractivity (Wildman–Crippen MR) is 64.5 cm³/mol. The van der Waals surface area contributed by atoms with Crippen LogP contribution in [0, 0.1) is 0 Å². The zero-order valence-electron chi connectivity index (χ0n) is 10.3. The first-order valence-electron chi connectivity index (χ1n) is 6.03. The Bertz CT molecular complexity index is 373. The maximum atomic E-state index is 11.6. The average Bonchev–Trinajstić information content (AvgIpc) is 2.87. The summed E-state index contributed by atoms with van der Waals surface area (Å²) in [4.78, 5) is 13.9. The van der Waals surface area contributed by atoms with Crippen LogP contribution in [0.4, 0.5) is 0 Å². The van der Waals surface area contributed by atoms with Crippen molar-refractivity contribution < 1.29 is 14.6 Å². The zero-order valence-corrected chi connectivity index (χ0v) is 10.3. The predicted octanol–water partition coefficient (Wildman–Crippen LogP) is 0.871. The summed E-state index contributed by atoms with van der Waals surface area (Å²) in [6.07, 6.45) is 4.59. The lowest BCUT2D eigenvalue weighted by Crippen LogP contribution is -2.27. The summed E-state index contributed by atoms with van der Waals surface area (Å²) in [6.45, 7) is 5.33. The van der Waals surface area contributed by atoms with Gasteiger partial charge in [0.25, 0.3) is 0 Å². The van der Waals surface area contributed by atoms with E-state index < -0.39 is 0 Å². The van der Waals surface area contributed by atoms with Crippen LogP contribution in [-0.4, -0.2) is 47.8 Å². The first-order valence-corrected chi connectivity index (χ1v) is 6.03. The van der Waals surface area contributed by atoms with Crippen molar-refractivity contribution in [2.24, 2.45) is 0 Å². The molecule has 2 rings (SSSR count). The number of esters is 1. The molecule has 0 saturated carbocycles. The van der Waals surface area contributed by atoms with E-state index in [9.17, 15) is 9.90 Å². The Kier molecular flexibility index (Phi) is 3.64. The topological polar surface area (TPSA) is 49.8 Å². The highest BCUT2D eigenvalue weighted by Crippen LogP contribution is 2.30. The summed E-state index contributed by atoms with van der Waals surface area (Å²) in [5.74, 6) is -0.229. The number of carbonyl (C=O) groups excluding carboxylic acids is 1. The van der Waals surface area contributed by atoms with Gasteiger partial charge < -0.3 is 9.84 Å².